The molecule has 21 heavy (non-hydrogen) atoms. The quantitative estimate of drug-likeness (QED) is 0.526. The van der Waals surface area contributed by atoms with Crippen molar-refractivity contribution in [2.24, 2.45) is 0 Å². The van der Waals surface area contributed by atoms with E-state index in [4.69, 9.17) is 0 Å². The highest BCUT2D eigenvalue weighted by Crippen LogP contribution is 2.25. The van der Waals surface area contributed by atoms with Gasteiger partial charge in [0.25, 0.3) is 0 Å². The van der Waals surface area contributed by atoms with Crippen molar-refractivity contribution in [3.8, 4) is 11.3 Å². The van der Waals surface area contributed by atoms with Crippen molar-refractivity contribution in [1.82, 2.24) is 14.4 Å². The van der Waals surface area contributed by atoms with Crippen LogP contribution in [0, 0.1) is 12.7 Å². The van der Waals surface area contributed by atoms with Crippen molar-refractivity contribution in [2.75, 3.05) is 0 Å². The van der Waals surface area contributed by atoms with E-state index in [2.05, 4.69) is 9.97 Å². The van der Waals surface area contributed by atoms with Gasteiger partial charge in [0, 0.05) is 5.69 Å². The van der Waals surface area contributed by atoms with Crippen molar-refractivity contribution >= 4 is 16.8 Å². The summed E-state index contributed by atoms with van der Waals surface area (Å²) < 4.78 is 15.2. The Labute approximate surface area is 120 Å². The molecule has 0 amide bonds. The normalized spacial score (nSPS) is 11.3. The second-order valence-corrected chi connectivity index (χ2v) is 5.03. The summed E-state index contributed by atoms with van der Waals surface area (Å²) >= 11 is 0. The standard InChI is InChI=1S/C17H12FN3/c1-11-10-16(12-6-8-13(18)9-7-12)21-15-5-3-2-4-14(15)20-17(21)19-11/h2-10H,1H3. The molecule has 102 valence electrons. The van der Waals surface area contributed by atoms with Crippen molar-refractivity contribution in [1.29, 1.82) is 0 Å². The lowest BCUT2D eigenvalue weighted by Gasteiger charge is -2.07. The molecule has 0 N–H and O–H groups in total. The second kappa shape index (κ2) is 4.38. The van der Waals surface area contributed by atoms with Gasteiger partial charge in [0.15, 0.2) is 0 Å². The van der Waals surface area contributed by atoms with Crippen LogP contribution in [0.2, 0.25) is 0 Å². The first-order chi connectivity index (χ1) is 10.2. The van der Waals surface area contributed by atoms with Gasteiger partial charge in [-0.3, -0.25) is 4.40 Å². The Hall–Kier alpha value is -2.75. The lowest BCUT2D eigenvalue weighted by Crippen LogP contribution is -1.97. The molecular formula is C17H12FN3. The minimum absolute atomic E-state index is 0.240. The predicted molar refractivity (Wildman–Crippen MR) is 80.6 cm³/mol. The van der Waals surface area contributed by atoms with Gasteiger partial charge in [-0.05, 0) is 55.0 Å². The number of aromatic nitrogens is 3. The van der Waals surface area contributed by atoms with E-state index in [-0.39, 0.29) is 5.82 Å². The zero-order valence-electron chi connectivity index (χ0n) is 11.4. The van der Waals surface area contributed by atoms with Crippen molar-refractivity contribution in [2.45, 2.75) is 6.92 Å². The second-order valence-electron chi connectivity index (χ2n) is 5.03. The number of imidazole rings is 1. The smallest absolute Gasteiger partial charge is 0.235 e. The molecular weight excluding hydrogens is 265 g/mol. The number of para-hydroxylation sites is 2. The fourth-order valence-corrected chi connectivity index (χ4v) is 2.61. The van der Waals surface area contributed by atoms with E-state index in [1.54, 1.807) is 12.1 Å². The Morgan fingerprint density at radius 2 is 1.71 bits per heavy atom. The number of hydrogen-bond donors (Lipinski definition) is 0. The highest BCUT2D eigenvalue weighted by atomic mass is 19.1. The molecule has 0 unspecified atom stereocenters. The Bertz CT molecular complexity index is 955. The molecule has 0 aliphatic carbocycles. The maximum Gasteiger partial charge on any atom is 0.235 e. The summed E-state index contributed by atoms with van der Waals surface area (Å²) in [5.41, 5.74) is 4.69. The van der Waals surface area contributed by atoms with Crippen LogP contribution in [0.1, 0.15) is 5.69 Å². The van der Waals surface area contributed by atoms with E-state index in [1.807, 2.05) is 41.7 Å². The summed E-state index contributed by atoms with van der Waals surface area (Å²) in [5.74, 6) is 0.423. The molecule has 0 fully saturated rings. The highest BCUT2D eigenvalue weighted by Gasteiger charge is 2.11. The lowest BCUT2D eigenvalue weighted by atomic mass is 10.1. The van der Waals surface area contributed by atoms with Crippen LogP contribution in [-0.4, -0.2) is 14.4 Å². The minimum Gasteiger partial charge on any atom is -0.276 e. The van der Waals surface area contributed by atoms with E-state index in [1.165, 1.54) is 12.1 Å². The number of aryl methyl sites for hydroxylation is 1. The zero-order valence-corrected chi connectivity index (χ0v) is 11.4. The first-order valence-electron chi connectivity index (χ1n) is 6.73. The maximum absolute atomic E-state index is 13.2. The third-order valence-corrected chi connectivity index (χ3v) is 3.55. The first-order valence-corrected chi connectivity index (χ1v) is 6.73. The fraction of sp³-hybridized carbons (Fsp3) is 0.0588. The van der Waals surface area contributed by atoms with Gasteiger partial charge in [-0.1, -0.05) is 12.1 Å². The summed E-state index contributed by atoms with van der Waals surface area (Å²) in [6.07, 6.45) is 0. The molecule has 4 aromatic rings. The van der Waals surface area contributed by atoms with E-state index in [0.717, 1.165) is 28.0 Å². The molecule has 2 aromatic heterocycles. The number of nitrogens with zero attached hydrogens (tertiary/aromatic N) is 3. The van der Waals surface area contributed by atoms with Crippen LogP contribution >= 0.6 is 0 Å². The van der Waals surface area contributed by atoms with Crippen LogP contribution in [0.5, 0.6) is 0 Å². The average molecular weight is 277 g/mol. The van der Waals surface area contributed by atoms with Crippen LogP contribution in [0.4, 0.5) is 4.39 Å². The molecule has 0 saturated heterocycles. The molecule has 0 aliphatic heterocycles. The third-order valence-electron chi connectivity index (χ3n) is 3.55. The number of hydrogen-bond acceptors (Lipinski definition) is 2. The largest absolute Gasteiger partial charge is 0.276 e. The molecule has 0 aliphatic rings. The molecule has 2 heterocycles. The van der Waals surface area contributed by atoms with Crippen LogP contribution in [0.25, 0.3) is 28.1 Å². The van der Waals surface area contributed by atoms with E-state index in [0.29, 0.717) is 5.78 Å². The summed E-state index contributed by atoms with van der Waals surface area (Å²) in [6, 6.07) is 16.4. The predicted octanol–water partition coefficient (Wildman–Crippen LogP) is 4.00. The van der Waals surface area contributed by atoms with E-state index >= 15 is 0 Å². The first kappa shape index (κ1) is 12.0. The summed E-state index contributed by atoms with van der Waals surface area (Å²) in [4.78, 5) is 9.05. The minimum atomic E-state index is -0.240. The Morgan fingerprint density at radius 1 is 0.952 bits per heavy atom. The number of benzene rings is 2. The zero-order chi connectivity index (χ0) is 14.4. The Balaban J connectivity index is 2.13. The van der Waals surface area contributed by atoms with Crippen molar-refractivity contribution in [3.63, 3.8) is 0 Å². The van der Waals surface area contributed by atoms with Crippen molar-refractivity contribution in [3.05, 3.63) is 66.1 Å². The fourth-order valence-electron chi connectivity index (χ4n) is 2.61. The highest BCUT2D eigenvalue weighted by molar-refractivity contribution is 5.82. The van der Waals surface area contributed by atoms with Crippen LogP contribution in [-0.2, 0) is 0 Å². The number of rotatable bonds is 1. The van der Waals surface area contributed by atoms with Gasteiger partial charge in [-0.2, -0.15) is 0 Å². The topological polar surface area (TPSA) is 30.2 Å². The maximum atomic E-state index is 13.2. The molecule has 0 bridgehead atoms. The van der Waals surface area contributed by atoms with Gasteiger partial charge in [0.2, 0.25) is 5.78 Å². The van der Waals surface area contributed by atoms with Crippen LogP contribution in [0.3, 0.4) is 0 Å². The van der Waals surface area contributed by atoms with Gasteiger partial charge in [0.1, 0.15) is 5.82 Å². The molecule has 0 saturated carbocycles. The molecule has 2 aromatic carbocycles. The molecule has 0 radical (unpaired) electrons. The lowest BCUT2D eigenvalue weighted by molar-refractivity contribution is 0.628. The van der Waals surface area contributed by atoms with Gasteiger partial charge >= 0.3 is 0 Å². The van der Waals surface area contributed by atoms with Crippen LogP contribution < -0.4 is 0 Å². The van der Waals surface area contributed by atoms with Crippen molar-refractivity contribution < 1.29 is 4.39 Å². The van der Waals surface area contributed by atoms with Gasteiger partial charge < -0.3 is 0 Å². The number of fused-ring (bicyclic) bond motifs is 3. The molecule has 0 spiro atoms. The summed E-state index contributed by atoms with van der Waals surface area (Å²) in [7, 11) is 0. The van der Waals surface area contributed by atoms with Crippen LogP contribution in [0.15, 0.2) is 54.6 Å². The third kappa shape index (κ3) is 1.88. The number of halogens is 1. The average Bonchev–Trinajstić information content (AvgIpc) is 2.85. The summed E-state index contributed by atoms with van der Waals surface area (Å²) in [5, 5.41) is 0. The summed E-state index contributed by atoms with van der Waals surface area (Å²) in [6.45, 7) is 1.94. The molecule has 0 atom stereocenters. The van der Waals surface area contributed by atoms with Gasteiger partial charge in [0.05, 0.1) is 16.7 Å². The Kier molecular flexibility index (Phi) is 2.51. The Morgan fingerprint density at radius 3 is 2.52 bits per heavy atom. The molecule has 3 nitrogen and oxygen atoms in total. The molecule has 4 heteroatoms. The van der Waals surface area contributed by atoms with E-state index < -0.39 is 0 Å². The van der Waals surface area contributed by atoms with Gasteiger partial charge in [-0.15, -0.1) is 0 Å². The van der Waals surface area contributed by atoms with Gasteiger partial charge in [-0.25, -0.2) is 14.4 Å². The van der Waals surface area contributed by atoms with E-state index in [9.17, 15) is 4.39 Å². The molecule has 4 rings (SSSR count). The SMILES string of the molecule is Cc1cc(-c2ccc(F)cc2)n2c(n1)nc1ccccc12. The monoisotopic (exact) mass is 277 g/mol.